The molecule has 2 saturated heterocycles. The average Bonchev–Trinajstić information content (AvgIpc) is 3.16. The first kappa shape index (κ1) is 25.0. The van der Waals surface area contributed by atoms with Gasteiger partial charge >= 0.3 is 12.1 Å². The van der Waals surface area contributed by atoms with Crippen LogP contribution < -0.4 is 20.3 Å². The van der Waals surface area contributed by atoms with Crippen LogP contribution in [-0.2, 0) is 0 Å². The number of hydrogen-bond donors (Lipinski definition) is 2. The first-order valence-electron chi connectivity index (χ1n) is 12.0. The molecule has 2 fully saturated rings. The summed E-state index contributed by atoms with van der Waals surface area (Å²) >= 11 is 0. The molecule has 0 bridgehead atoms. The third-order valence-corrected chi connectivity index (χ3v) is 6.06. The van der Waals surface area contributed by atoms with Crippen LogP contribution in [0.2, 0.25) is 0 Å². The minimum absolute atomic E-state index is 0.0633. The first-order valence-corrected chi connectivity index (χ1v) is 12.0. The molecule has 2 aliphatic rings. The number of anilines is 3. The van der Waals surface area contributed by atoms with Gasteiger partial charge in [0.15, 0.2) is 11.5 Å². The molecule has 2 N–H and O–H groups in total. The Morgan fingerprint density at radius 3 is 2.75 bits per heavy atom. The van der Waals surface area contributed by atoms with Crippen LogP contribution in [0.5, 0.6) is 5.75 Å². The number of hydrogen-bond acceptors (Lipinski definition) is 8. The summed E-state index contributed by atoms with van der Waals surface area (Å²) in [5.41, 5.74) is 0.331. The zero-order chi connectivity index (χ0) is 25.9. The molecular weight excluding hydrogens is 460 g/mol. The highest BCUT2D eigenvalue weighted by molar-refractivity contribution is 5.76. The number of urea groups is 1. The van der Waals surface area contributed by atoms with Gasteiger partial charge in [-0.25, -0.2) is 19.6 Å². The molecule has 2 aromatic rings. The van der Waals surface area contributed by atoms with Crippen LogP contribution in [0.15, 0.2) is 30.5 Å². The Bertz CT molecular complexity index is 1170. The van der Waals surface area contributed by atoms with Crippen LogP contribution in [0.4, 0.5) is 26.9 Å². The lowest BCUT2D eigenvalue weighted by molar-refractivity contribution is 0.175. The molecule has 0 unspecified atom stereocenters. The summed E-state index contributed by atoms with van der Waals surface area (Å²) in [6.07, 6.45) is 2.92. The van der Waals surface area contributed by atoms with Crippen LogP contribution in [0.1, 0.15) is 39.3 Å². The van der Waals surface area contributed by atoms with Gasteiger partial charge in [-0.2, -0.15) is 5.26 Å². The Kier molecular flexibility index (Phi) is 7.15. The van der Waals surface area contributed by atoms with Crippen molar-refractivity contribution < 1.29 is 14.3 Å². The summed E-state index contributed by atoms with van der Waals surface area (Å²) < 4.78 is 5.39. The fourth-order valence-electron chi connectivity index (χ4n) is 4.34. The van der Waals surface area contributed by atoms with Crippen molar-refractivity contribution in [1.29, 1.82) is 5.26 Å². The minimum atomic E-state index is -0.554. The number of ether oxygens (including phenoxy) is 1. The minimum Gasteiger partial charge on any atom is -0.410 e. The zero-order valence-corrected chi connectivity index (χ0v) is 21.1. The highest BCUT2D eigenvalue weighted by Gasteiger charge is 2.34. The number of aromatic nitrogens is 2. The second kappa shape index (κ2) is 10.3. The number of carbonyl (C=O) groups excluding carboxylic acids is 2. The van der Waals surface area contributed by atoms with Gasteiger partial charge < -0.3 is 30.1 Å². The third kappa shape index (κ3) is 5.94. The summed E-state index contributed by atoms with van der Waals surface area (Å²) in [5.74, 6) is 1.30. The molecule has 1 aromatic heterocycles. The van der Waals surface area contributed by atoms with E-state index < -0.39 is 11.6 Å². The van der Waals surface area contributed by atoms with Gasteiger partial charge in [0, 0.05) is 50.5 Å². The van der Waals surface area contributed by atoms with Gasteiger partial charge in [0.05, 0.1) is 12.2 Å². The highest BCUT2D eigenvalue weighted by atomic mass is 16.6. The molecule has 11 nitrogen and oxygen atoms in total. The Morgan fingerprint density at radius 1 is 1.25 bits per heavy atom. The van der Waals surface area contributed by atoms with Crippen molar-refractivity contribution in [3.8, 4) is 11.8 Å². The number of likely N-dealkylation sites (N-methyl/N-ethyl adjacent to an activating group) is 1. The lowest BCUT2D eigenvalue weighted by Gasteiger charge is -2.37. The molecule has 0 radical (unpaired) electrons. The molecule has 0 aliphatic carbocycles. The van der Waals surface area contributed by atoms with Crippen molar-refractivity contribution in [2.24, 2.45) is 0 Å². The van der Waals surface area contributed by atoms with E-state index >= 15 is 0 Å². The van der Waals surface area contributed by atoms with E-state index in [0.717, 1.165) is 32.5 Å². The van der Waals surface area contributed by atoms with Crippen LogP contribution in [0.25, 0.3) is 0 Å². The highest BCUT2D eigenvalue weighted by Crippen LogP contribution is 2.27. The summed E-state index contributed by atoms with van der Waals surface area (Å²) in [4.78, 5) is 39.4. The fourth-order valence-corrected chi connectivity index (χ4v) is 4.34. The second-order valence-corrected chi connectivity index (χ2v) is 10.1. The fraction of sp³-hybridized carbons (Fsp3) is 0.480. The largest absolute Gasteiger partial charge is 0.413 e. The van der Waals surface area contributed by atoms with Gasteiger partial charge in [-0.05, 0) is 45.7 Å². The Labute approximate surface area is 211 Å². The number of nitrogens with zero attached hydrogens (tertiary/aromatic N) is 6. The maximum absolute atomic E-state index is 12.5. The van der Waals surface area contributed by atoms with E-state index in [-0.39, 0.29) is 17.8 Å². The van der Waals surface area contributed by atoms with Gasteiger partial charge in [-0.1, -0.05) is 6.07 Å². The Balaban J connectivity index is 1.49. The molecule has 36 heavy (non-hydrogen) atoms. The van der Waals surface area contributed by atoms with E-state index in [1.54, 1.807) is 35.4 Å². The third-order valence-electron chi connectivity index (χ3n) is 6.06. The molecule has 0 saturated carbocycles. The van der Waals surface area contributed by atoms with Gasteiger partial charge in [0.1, 0.15) is 17.6 Å². The van der Waals surface area contributed by atoms with Gasteiger partial charge in [-0.3, -0.25) is 0 Å². The average molecular weight is 493 g/mol. The van der Waals surface area contributed by atoms with E-state index in [0.29, 0.717) is 29.6 Å². The summed E-state index contributed by atoms with van der Waals surface area (Å²) in [6.45, 7) is 8.52. The second-order valence-electron chi connectivity index (χ2n) is 10.1. The van der Waals surface area contributed by atoms with Crippen molar-refractivity contribution in [3.63, 3.8) is 0 Å². The molecule has 1 atom stereocenters. The summed E-state index contributed by atoms with van der Waals surface area (Å²) in [5, 5.41) is 15.5. The van der Waals surface area contributed by atoms with Crippen LogP contribution in [0.3, 0.4) is 0 Å². The molecule has 11 heteroatoms. The molecule has 0 spiro atoms. The number of amides is 3. The van der Waals surface area contributed by atoms with Gasteiger partial charge in [0.25, 0.3) is 0 Å². The topological polar surface area (TPSA) is 127 Å². The Morgan fingerprint density at radius 2 is 2.06 bits per heavy atom. The normalized spacial score (nSPS) is 18.1. The molecule has 3 amide bonds. The number of rotatable bonds is 5. The molecular formula is C25H32N8O3. The molecule has 1 aromatic carbocycles. The van der Waals surface area contributed by atoms with Crippen molar-refractivity contribution in [2.45, 2.75) is 45.2 Å². The van der Waals surface area contributed by atoms with Crippen LogP contribution in [0, 0.1) is 11.3 Å². The summed E-state index contributed by atoms with van der Waals surface area (Å²) in [7, 11) is 1.82. The predicted octanol–water partition coefficient (Wildman–Crippen LogP) is 3.31. The predicted molar refractivity (Wildman–Crippen MR) is 135 cm³/mol. The van der Waals surface area contributed by atoms with Crippen molar-refractivity contribution in [1.82, 2.24) is 25.1 Å². The maximum atomic E-state index is 12.5. The smallest absolute Gasteiger partial charge is 0.410 e. The van der Waals surface area contributed by atoms with Crippen LogP contribution >= 0.6 is 0 Å². The van der Waals surface area contributed by atoms with E-state index in [1.165, 1.54) is 0 Å². The lowest BCUT2D eigenvalue weighted by Crippen LogP contribution is -2.49. The molecule has 2 aliphatic heterocycles. The van der Waals surface area contributed by atoms with E-state index in [1.807, 2.05) is 32.7 Å². The van der Waals surface area contributed by atoms with Gasteiger partial charge in [0.2, 0.25) is 0 Å². The SMILES string of the molecule is CN1CCN([C@@H]2CCCN(c3cnc(C#N)c(Nc4cccc(OC(=O)NC(C)(C)C)c4)n3)C2)C1=O. The molecule has 3 heterocycles. The lowest BCUT2D eigenvalue weighted by atomic mass is 10.0. The summed E-state index contributed by atoms with van der Waals surface area (Å²) in [6, 6.07) is 9.11. The molecule has 190 valence electrons. The van der Waals surface area contributed by atoms with Crippen molar-refractivity contribution >= 4 is 29.4 Å². The number of carbonyl (C=O) groups is 2. The van der Waals surface area contributed by atoms with E-state index in [9.17, 15) is 14.9 Å². The Hall–Kier alpha value is -4.07. The monoisotopic (exact) mass is 492 g/mol. The van der Waals surface area contributed by atoms with E-state index in [4.69, 9.17) is 9.72 Å². The van der Waals surface area contributed by atoms with Gasteiger partial charge in [-0.15, -0.1) is 0 Å². The quantitative estimate of drug-likeness (QED) is 0.651. The standard InChI is InChI=1S/C25H32N8O3/c1-25(2,3)30-23(34)36-19-9-5-7-17(13-19)28-22-20(14-26)27-15-21(29-22)32-10-6-8-18(16-32)33-12-11-31(4)24(33)35/h5,7,9,13,15,18H,6,8,10-12,16H2,1-4H3,(H,28,29)(H,30,34)/t18-/m1/s1. The number of benzene rings is 1. The van der Waals surface area contributed by atoms with E-state index in [2.05, 4.69) is 26.6 Å². The van der Waals surface area contributed by atoms with Crippen molar-refractivity contribution in [3.05, 3.63) is 36.2 Å². The first-order chi connectivity index (χ1) is 17.1. The maximum Gasteiger partial charge on any atom is 0.413 e. The number of nitrogens with one attached hydrogen (secondary N) is 2. The number of nitriles is 1. The number of piperidine rings is 1. The zero-order valence-electron chi connectivity index (χ0n) is 21.1. The van der Waals surface area contributed by atoms with Crippen LogP contribution in [-0.4, -0.2) is 76.7 Å². The van der Waals surface area contributed by atoms with Crippen molar-refractivity contribution in [2.75, 3.05) is 43.4 Å². The molecule has 4 rings (SSSR count).